The smallest absolute Gasteiger partial charge is 0.243 e. The van der Waals surface area contributed by atoms with E-state index in [1.54, 1.807) is 18.2 Å². The van der Waals surface area contributed by atoms with Crippen molar-refractivity contribution in [1.82, 2.24) is 10.1 Å². The van der Waals surface area contributed by atoms with E-state index in [0.29, 0.717) is 27.7 Å². The van der Waals surface area contributed by atoms with Crippen molar-refractivity contribution >= 4 is 23.2 Å². The van der Waals surface area contributed by atoms with Crippen LogP contribution < -0.4 is 5.73 Å². The van der Waals surface area contributed by atoms with Crippen LogP contribution >= 0.6 is 23.2 Å². The van der Waals surface area contributed by atoms with Gasteiger partial charge in [0.1, 0.15) is 0 Å². The highest BCUT2D eigenvalue weighted by Crippen LogP contribution is 2.28. The van der Waals surface area contributed by atoms with Crippen molar-refractivity contribution in [2.45, 2.75) is 26.3 Å². The average Bonchev–Trinajstić information content (AvgIpc) is 2.81. The van der Waals surface area contributed by atoms with Gasteiger partial charge in [0.2, 0.25) is 11.7 Å². The topological polar surface area (TPSA) is 64.9 Å². The molecule has 0 aliphatic carbocycles. The molecule has 1 aromatic carbocycles. The Balaban J connectivity index is 2.22. The second-order valence-corrected chi connectivity index (χ2v) is 5.64. The molecule has 4 nitrogen and oxygen atoms in total. The van der Waals surface area contributed by atoms with Crippen molar-refractivity contribution in [1.29, 1.82) is 0 Å². The maximum absolute atomic E-state index is 6.00. The van der Waals surface area contributed by atoms with Crippen molar-refractivity contribution in [3.05, 3.63) is 34.1 Å². The molecule has 0 saturated carbocycles. The minimum absolute atomic E-state index is 0.246. The Morgan fingerprint density at radius 1 is 1.26 bits per heavy atom. The van der Waals surface area contributed by atoms with Gasteiger partial charge in [-0.25, -0.2) is 0 Å². The van der Waals surface area contributed by atoms with Crippen LogP contribution in [0.2, 0.25) is 10.0 Å². The maximum Gasteiger partial charge on any atom is 0.243 e. The van der Waals surface area contributed by atoms with Crippen molar-refractivity contribution in [2.24, 2.45) is 11.7 Å². The second kappa shape index (κ2) is 5.90. The molecule has 1 unspecified atom stereocenters. The largest absolute Gasteiger partial charge is 0.337 e. The molecule has 0 aliphatic heterocycles. The molecule has 0 spiro atoms. The molecule has 0 saturated heterocycles. The fourth-order valence-electron chi connectivity index (χ4n) is 1.75. The van der Waals surface area contributed by atoms with Crippen LogP contribution in [-0.4, -0.2) is 10.1 Å². The summed E-state index contributed by atoms with van der Waals surface area (Å²) >= 11 is 11.8. The highest BCUT2D eigenvalue weighted by molar-refractivity contribution is 6.42. The standard InChI is InChI=1S/C13H15Cl2N3O/c1-7(2)5-11(16)13-17-12(18-19-13)8-3-4-9(14)10(15)6-8/h3-4,6-7,11H,5,16H2,1-2H3. The number of nitrogens with two attached hydrogens (primary N) is 1. The molecule has 2 rings (SSSR count). The third-order valence-electron chi connectivity index (χ3n) is 2.66. The predicted molar refractivity (Wildman–Crippen MR) is 76.1 cm³/mol. The normalized spacial score (nSPS) is 12.9. The van der Waals surface area contributed by atoms with Crippen LogP contribution in [0.3, 0.4) is 0 Å². The van der Waals surface area contributed by atoms with Gasteiger partial charge in [-0.05, 0) is 30.5 Å². The van der Waals surface area contributed by atoms with Crippen LogP contribution in [0.25, 0.3) is 11.4 Å². The Bertz CT molecular complexity index is 569. The van der Waals surface area contributed by atoms with Gasteiger partial charge in [-0.1, -0.05) is 42.2 Å². The molecule has 0 fully saturated rings. The van der Waals surface area contributed by atoms with E-state index in [-0.39, 0.29) is 6.04 Å². The molecule has 102 valence electrons. The average molecular weight is 300 g/mol. The summed E-state index contributed by atoms with van der Waals surface area (Å²) in [6.07, 6.45) is 0.795. The van der Waals surface area contributed by atoms with Gasteiger partial charge in [0.15, 0.2) is 0 Å². The lowest BCUT2D eigenvalue weighted by Crippen LogP contribution is -2.13. The summed E-state index contributed by atoms with van der Waals surface area (Å²) in [5.74, 6) is 1.37. The summed E-state index contributed by atoms with van der Waals surface area (Å²) in [4.78, 5) is 4.30. The van der Waals surface area contributed by atoms with Crippen LogP contribution in [0.4, 0.5) is 0 Å². The number of halogens is 2. The van der Waals surface area contributed by atoms with Gasteiger partial charge in [-0.2, -0.15) is 4.98 Å². The first-order valence-corrected chi connectivity index (χ1v) is 6.77. The molecular weight excluding hydrogens is 285 g/mol. The molecule has 6 heteroatoms. The van der Waals surface area contributed by atoms with E-state index in [0.717, 1.165) is 12.0 Å². The summed E-state index contributed by atoms with van der Waals surface area (Å²) in [5.41, 5.74) is 6.75. The molecule has 2 N–H and O–H groups in total. The zero-order valence-corrected chi connectivity index (χ0v) is 12.2. The third-order valence-corrected chi connectivity index (χ3v) is 3.40. The van der Waals surface area contributed by atoms with E-state index in [4.69, 9.17) is 33.5 Å². The first-order chi connectivity index (χ1) is 8.97. The summed E-state index contributed by atoms with van der Waals surface area (Å²) in [5, 5.41) is 4.86. The zero-order valence-electron chi connectivity index (χ0n) is 10.7. The van der Waals surface area contributed by atoms with Crippen LogP contribution in [0.15, 0.2) is 22.7 Å². The number of rotatable bonds is 4. The van der Waals surface area contributed by atoms with E-state index >= 15 is 0 Å². The fourth-order valence-corrected chi connectivity index (χ4v) is 2.05. The summed E-state index contributed by atoms with van der Waals surface area (Å²) < 4.78 is 5.19. The molecule has 1 aromatic heterocycles. The molecule has 0 aliphatic rings. The lowest BCUT2D eigenvalue weighted by Gasteiger charge is -2.08. The quantitative estimate of drug-likeness (QED) is 0.923. The van der Waals surface area contributed by atoms with Gasteiger partial charge >= 0.3 is 0 Å². The molecule has 1 heterocycles. The zero-order chi connectivity index (χ0) is 14.0. The highest BCUT2D eigenvalue weighted by atomic mass is 35.5. The molecule has 1 atom stereocenters. The maximum atomic E-state index is 6.00. The molecule has 19 heavy (non-hydrogen) atoms. The minimum Gasteiger partial charge on any atom is -0.337 e. The van der Waals surface area contributed by atoms with Crippen molar-refractivity contribution in [3.8, 4) is 11.4 Å². The van der Waals surface area contributed by atoms with Crippen molar-refractivity contribution in [3.63, 3.8) is 0 Å². The van der Waals surface area contributed by atoms with Gasteiger partial charge in [-0.15, -0.1) is 0 Å². The Labute approximate surface area is 121 Å². The Hall–Kier alpha value is -1.10. The van der Waals surface area contributed by atoms with Gasteiger partial charge in [0, 0.05) is 5.56 Å². The van der Waals surface area contributed by atoms with E-state index in [1.807, 2.05) is 0 Å². The number of aromatic nitrogens is 2. The number of hydrogen-bond donors (Lipinski definition) is 1. The first-order valence-electron chi connectivity index (χ1n) is 6.02. The molecule has 2 aromatic rings. The van der Waals surface area contributed by atoms with Crippen molar-refractivity contribution < 1.29 is 4.52 Å². The van der Waals surface area contributed by atoms with Crippen molar-refractivity contribution in [2.75, 3.05) is 0 Å². The SMILES string of the molecule is CC(C)CC(N)c1nc(-c2ccc(Cl)c(Cl)c2)no1. The highest BCUT2D eigenvalue weighted by Gasteiger charge is 2.17. The van der Waals surface area contributed by atoms with Crippen LogP contribution in [0, 0.1) is 5.92 Å². The van der Waals surface area contributed by atoms with Gasteiger partial charge < -0.3 is 10.3 Å². The first kappa shape index (κ1) is 14.3. The monoisotopic (exact) mass is 299 g/mol. The van der Waals surface area contributed by atoms with Crippen LogP contribution in [0.5, 0.6) is 0 Å². The van der Waals surface area contributed by atoms with E-state index < -0.39 is 0 Å². The van der Waals surface area contributed by atoms with E-state index in [2.05, 4.69) is 24.0 Å². The van der Waals surface area contributed by atoms with Gasteiger partial charge in [0.05, 0.1) is 16.1 Å². The summed E-state index contributed by atoms with van der Waals surface area (Å²) in [6.45, 7) is 4.19. The lowest BCUT2D eigenvalue weighted by atomic mass is 10.0. The lowest BCUT2D eigenvalue weighted by molar-refractivity contribution is 0.335. The third kappa shape index (κ3) is 3.47. The predicted octanol–water partition coefficient (Wildman–Crippen LogP) is 4.09. The Morgan fingerprint density at radius 2 is 2.00 bits per heavy atom. The van der Waals surface area contributed by atoms with Crippen LogP contribution in [0.1, 0.15) is 32.2 Å². The number of hydrogen-bond acceptors (Lipinski definition) is 4. The second-order valence-electron chi connectivity index (χ2n) is 4.82. The fraction of sp³-hybridized carbons (Fsp3) is 0.385. The Morgan fingerprint density at radius 3 is 2.63 bits per heavy atom. The summed E-state index contributed by atoms with van der Waals surface area (Å²) in [6, 6.07) is 4.94. The van der Waals surface area contributed by atoms with Crippen LogP contribution in [-0.2, 0) is 0 Å². The minimum atomic E-state index is -0.246. The summed E-state index contributed by atoms with van der Waals surface area (Å²) in [7, 11) is 0. The molecule has 0 radical (unpaired) electrons. The Kier molecular flexibility index (Phi) is 4.45. The van der Waals surface area contributed by atoms with E-state index in [9.17, 15) is 0 Å². The van der Waals surface area contributed by atoms with Gasteiger partial charge in [0.25, 0.3) is 0 Å². The molecule has 0 amide bonds. The molecule has 0 bridgehead atoms. The number of nitrogens with zero attached hydrogens (tertiary/aromatic N) is 2. The van der Waals surface area contributed by atoms with Gasteiger partial charge in [-0.3, -0.25) is 0 Å². The van der Waals surface area contributed by atoms with E-state index in [1.165, 1.54) is 0 Å². The number of benzene rings is 1. The molecular formula is C13H15Cl2N3O.